The predicted molar refractivity (Wildman–Crippen MR) is 105 cm³/mol. The van der Waals surface area contributed by atoms with Crippen molar-refractivity contribution in [3.05, 3.63) is 83.0 Å². The number of benzene rings is 2. The van der Waals surface area contributed by atoms with Gasteiger partial charge in [0, 0.05) is 22.5 Å². The molecule has 0 saturated carbocycles. The van der Waals surface area contributed by atoms with Gasteiger partial charge in [0.25, 0.3) is 5.91 Å². The van der Waals surface area contributed by atoms with E-state index in [1.165, 1.54) is 13.3 Å². The SMILES string of the molecule is COC(=O)c1ccccc1Nc1cc(C(=O)Nc2cccc(Cl)c2)ccn1. The van der Waals surface area contributed by atoms with Crippen LogP contribution < -0.4 is 10.6 Å². The predicted octanol–water partition coefficient (Wildman–Crippen LogP) is 4.52. The number of carbonyl (C=O) groups is 2. The van der Waals surface area contributed by atoms with Gasteiger partial charge in [-0.25, -0.2) is 9.78 Å². The molecule has 1 aromatic heterocycles. The monoisotopic (exact) mass is 381 g/mol. The van der Waals surface area contributed by atoms with Crippen LogP contribution in [-0.2, 0) is 4.74 Å². The molecule has 0 aliphatic heterocycles. The van der Waals surface area contributed by atoms with Crippen LogP contribution in [0, 0.1) is 0 Å². The van der Waals surface area contributed by atoms with E-state index < -0.39 is 5.97 Å². The first-order valence-corrected chi connectivity index (χ1v) is 8.42. The fourth-order valence-electron chi connectivity index (χ4n) is 2.43. The van der Waals surface area contributed by atoms with Gasteiger partial charge < -0.3 is 15.4 Å². The summed E-state index contributed by atoms with van der Waals surface area (Å²) in [5, 5.41) is 6.35. The average molecular weight is 382 g/mol. The molecule has 0 bridgehead atoms. The van der Waals surface area contributed by atoms with Crippen molar-refractivity contribution in [3.8, 4) is 0 Å². The lowest BCUT2D eigenvalue weighted by Gasteiger charge is -2.11. The highest BCUT2D eigenvalue weighted by molar-refractivity contribution is 6.31. The molecule has 3 rings (SSSR count). The van der Waals surface area contributed by atoms with Crippen molar-refractivity contribution in [3.63, 3.8) is 0 Å². The van der Waals surface area contributed by atoms with E-state index in [2.05, 4.69) is 15.6 Å². The van der Waals surface area contributed by atoms with Gasteiger partial charge in [-0.1, -0.05) is 29.8 Å². The maximum Gasteiger partial charge on any atom is 0.339 e. The zero-order valence-electron chi connectivity index (χ0n) is 14.4. The van der Waals surface area contributed by atoms with Crippen molar-refractivity contribution in [1.82, 2.24) is 4.98 Å². The minimum Gasteiger partial charge on any atom is -0.465 e. The largest absolute Gasteiger partial charge is 0.465 e. The van der Waals surface area contributed by atoms with Crippen molar-refractivity contribution < 1.29 is 14.3 Å². The topological polar surface area (TPSA) is 80.3 Å². The van der Waals surface area contributed by atoms with E-state index in [-0.39, 0.29) is 5.91 Å². The van der Waals surface area contributed by atoms with Crippen LogP contribution in [0.2, 0.25) is 5.02 Å². The quantitative estimate of drug-likeness (QED) is 0.635. The first kappa shape index (κ1) is 18.4. The highest BCUT2D eigenvalue weighted by Gasteiger charge is 2.13. The average Bonchev–Trinajstić information content (AvgIpc) is 2.68. The fourth-order valence-corrected chi connectivity index (χ4v) is 2.62. The van der Waals surface area contributed by atoms with Gasteiger partial charge in [-0.3, -0.25) is 4.79 Å². The number of hydrogen-bond donors (Lipinski definition) is 2. The lowest BCUT2D eigenvalue weighted by Crippen LogP contribution is -2.12. The Morgan fingerprint density at radius 2 is 1.85 bits per heavy atom. The molecule has 0 atom stereocenters. The summed E-state index contributed by atoms with van der Waals surface area (Å²) in [7, 11) is 1.32. The molecule has 6 nitrogen and oxygen atoms in total. The van der Waals surface area contributed by atoms with Gasteiger partial charge in [0.2, 0.25) is 0 Å². The lowest BCUT2D eigenvalue weighted by atomic mass is 10.1. The number of esters is 1. The summed E-state index contributed by atoms with van der Waals surface area (Å²) in [4.78, 5) is 28.5. The Hall–Kier alpha value is -3.38. The van der Waals surface area contributed by atoms with Gasteiger partial charge in [-0.15, -0.1) is 0 Å². The first-order valence-electron chi connectivity index (χ1n) is 8.04. The number of ether oxygens (including phenoxy) is 1. The number of para-hydroxylation sites is 1. The van der Waals surface area contributed by atoms with Gasteiger partial charge in [0.1, 0.15) is 5.82 Å². The number of nitrogens with one attached hydrogen (secondary N) is 2. The molecule has 0 aliphatic rings. The van der Waals surface area contributed by atoms with E-state index in [1.54, 1.807) is 60.7 Å². The molecule has 1 amide bonds. The zero-order chi connectivity index (χ0) is 19.2. The minimum atomic E-state index is -0.465. The highest BCUT2D eigenvalue weighted by atomic mass is 35.5. The van der Waals surface area contributed by atoms with Crippen molar-refractivity contribution in [2.24, 2.45) is 0 Å². The Morgan fingerprint density at radius 3 is 2.63 bits per heavy atom. The molecule has 2 N–H and O–H groups in total. The van der Waals surface area contributed by atoms with Crippen LogP contribution in [0.3, 0.4) is 0 Å². The third-order valence-electron chi connectivity index (χ3n) is 3.70. The maximum absolute atomic E-state index is 12.5. The normalized spacial score (nSPS) is 10.1. The molecule has 1 heterocycles. The Kier molecular flexibility index (Phi) is 5.68. The van der Waals surface area contributed by atoms with E-state index >= 15 is 0 Å². The van der Waals surface area contributed by atoms with Crippen LogP contribution in [0.4, 0.5) is 17.2 Å². The van der Waals surface area contributed by atoms with Gasteiger partial charge in [0.05, 0.1) is 18.4 Å². The van der Waals surface area contributed by atoms with Crippen molar-refractivity contribution in [1.29, 1.82) is 0 Å². The second-order valence-corrected chi connectivity index (χ2v) is 5.99. The van der Waals surface area contributed by atoms with Gasteiger partial charge in [0.15, 0.2) is 0 Å². The molecule has 3 aromatic rings. The number of amides is 1. The van der Waals surface area contributed by atoms with E-state index in [9.17, 15) is 9.59 Å². The van der Waals surface area contributed by atoms with Gasteiger partial charge in [-0.2, -0.15) is 0 Å². The number of nitrogens with zero attached hydrogens (tertiary/aromatic N) is 1. The molecule has 0 spiro atoms. The van der Waals surface area contributed by atoms with Crippen LogP contribution >= 0.6 is 11.6 Å². The van der Waals surface area contributed by atoms with Crippen LogP contribution in [0.1, 0.15) is 20.7 Å². The summed E-state index contributed by atoms with van der Waals surface area (Å²) in [5.74, 6) is -0.345. The lowest BCUT2D eigenvalue weighted by molar-refractivity contribution is 0.0601. The van der Waals surface area contributed by atoms with E-state index in [1.807, 2.05) is 0 Å². The molecule has 0 aliphatic carbocycles. The number of rotatable bonds is 5. The second-order valence-electron chi connectivity index (χ2n) is 5.56. The van der Waals surface area contributed by atoms with Crippen LogP contribution in [0.15, 0.2) is 66.9 Å². The van der Waals surface area contributed by atoms with Crippen LogP contribution in [0.5, 0.6) is 0 Å². The summed E-state index contributed by atoms with van der Waals surface area (Å²) < 4.78 is 4.78. The zero-order valence-corrected chi connectivity index (χ0v) is 15.2. The summed E-state index contributed by atoms with van der Waals surface area (Å²) in [6.45, 7) is 0. The van der Waals surface area contributed by atoms with Crippen molar-refractivity contribution >= 4 is 40.7 Å². The Bertz CT molecular complexity index is 991. The smallest absolute Gasteiger partial charge is 0.339 e. The van der Waals surface area contributed by atoms with E-state index in [4.69, 9.17) is 16.3 Å². The summed E-state index contributed by atoms with van der Waals surface area (Å²) >= 11 is 5.93. The Morgan fingerprint density at radius 1 is 1.04 bits per heavy atom. The Labute approximate surface area is 161 Å². The van der Waals surface area contributed by atoms with Crippen molar-refractivity contribution in [2.75, 3.05) is 17.7 Å². The van der Waals surface area contributed by atoms with E-state index in [0.29, 0.717) is 33.3 Å². The van der Waals surface area contributed by atoms with Crippen LogP contribution in [-0.4, -0.2) is 24.0 Å². The molecule has 136 valence electrons. The highest BCUT2D eigenvalue weighted by Crippen LogP contribution is 2.21. The standard InChI is InChI=1S/C20H16ClN3O3/c1-27-20(26)16-7-2-3-8-17(16)24-18-11-13(9-10-22-18)19(25)23-15-6-4-5-14(21)12-15/h2-12H,1H3,(H,22,24)(H,23,25). The summed E-state index contributed by atoms with van der Waals surface area (Å²) in [5.41, 5.74) is 1.90. The molecule has 0 radical (unpaired) electrons. The maximum atomic E-state index is 12.5. The number of methoxy groups -OCH3 is 1. The number of halogens is 1. The molecular weight excluding hydrogens is 366 g/mol. The number of hydrogen-bond acceptors (Lipinski definition) is 5. The molecular formula is C20H16ClN3O3. The van der Waals surface area contributed by atoms with Crippen LogP contribution in [0.25, 0.3) is 0 Å². The number of pyridine rings is 1. The molecule has 7 heteroatoms. The number of anilines is 3. The molecule has 2 aromatic carbocycles. The number of aromatic nitrogens is 1. The summed E-state index contributed by atoms with van der Waals surface area (Å²) in [6.07, 6.45) is 1.51. The van der Waals surface area contributed by atoms with E-state index in [0.717, 1.165) is 0 Å². The first-order chi connectivity index (χ1) is 13.1. The third-order valence-corrected chi connectivity index (χ3v) is 3.93. The molecule has 0 fully saturated rings. The summed E-state index contributed by atoms with van der Waals surface area (Å²) in [6, 6.07) is 17.0. The number of carbonyl (C=O) groups excluding carboxylic acids is 2. The molecule has 0 saturated heterocycles. The molecule has 0 unspecified atom stereocenters. The fraction of sp³-hybridized carbons (Fsp3) is 0.0500. The molecule has 27 heavy (non-hydrogen) atoms. The second kappa shape index (κ2) is 8.33. The van der Waals surface area contributed by atoms with Crippen molar-refractivity contribution in [2.45, 2.75) is 0 Å². The minimum absolute atomic E-state index is 0.302. The van der Waals surface area contributed by atoms with Gasteiger partial charge >= 0.3 is 5.97 Å². The van der Waals surface area contributed by atoms with Gasteiger partial charge in [-0.05, 0) is 42.5 Å². The third kappa shape index (κ3) is 4.62. The Balaban J connectivity index is 1.80.